The molecule has 1 aliphatic carbocycles. The number of nitrogens with one attached hydrogen (secondary N) is 1. The average molecular weight is 367 g/mol. The van der Waals surface area contributed by atoms with E-state index in [0.29, 0.717) is 0 Å². The standard InChI is InChI=1S/C21H25N3O3/c25-19-18(14-15-8-10-16(11-9-15)23-12-4-5-13-23)20(26)24(21(27)22-19)17-6-2-1-3-7-17/h8-11,14,17H,1-7,12-13H2,(H,22,25,27)/b18-14-. The molecule has 4 amide bonds. The molecule has 0 aromatic heterocycles. The van der Waals surface area contributed by atoms with E-state index in [4.69, 9.17) is 0 Å². The Hall–Kier alpha value is -2.63. The summed E-state index contributed by atoms with van der Waals surface area (Å²) in [4.78, 5) is 41.0. The number of nitrogens with zero attached hydrogens (tertiary/aromatic N) is 2. The Morgan fingerprint density at radius 2 is 1.56 bits per heavy atom. The van der Waals surface area contributed by atoms with E-state index < -0.39 is 17.8 Å². The topological polar surface area (TPSA) is 69.7 Å². The molecule has 0 radical (unpaired) electrons. The van der Waals surface area contributed by atoms with Gasteiger partial charge in [0.2, 0.25) is 0 Å². The predicted molar refractivity (Wildman–Crippen MR) is 103 cm³/mol. The minimum absolute atomic E-state index is 0.0362. The van der Waals surface area contributed by atoms with E-state index in [1.54, 1.807) is 6.08 Å². The molecule has 2 saturated heterocycles. The summed E-state index contributed by atoms with van der Waals surface area (Å²) in [7, 11) is 0. The summed E-state index contributed by atoms with van der Waals surface area (Å²) in [5.41, 5.74) is 1.98. The van der Waals surface area contributed by atoms with Crippen LogP contribution in [-0.2, 0) is 9.59 Å². The molecular weight excluding hydrogens is 342 g/mol. The van der Waals surface area contributed by atoms with Gasteiger partial charge in [-0.25, -0.2) is 4.79 Å². The van der Waals surface area contributed by atoms with Crippen molar-refractivity contribution in [3.05, 3.63) is 35.4 Å². The Labute approximate surface area is 159 Å². The van der Waals surface area contributed by atoms with Crippen LogP contribution in [0.1, 0.15) is 50.5 Å². The van der Waals surface area contributed by atoms with Crippen LogP contribution in [0.15, 0.2) is 29.8 Å². The van der Waals surface area contributed by atoms with Crippen molar-refractivity contribution in [1.82, 2.24) is 10.2 Å². The van der Waals surface area contributed by atoms with Gasteiger partial charge in [0.15, 0.2) is 0 Å². The quantitative estimate of drug-likeness (QED) is 0.658. The zero-order valence-electron chi connectivity index (χ0n) is 15.4. The molecule has 2 heterocycles. The summed E-state index contributed by atoms with van der Waals surface area (Å²) in [6, 6.07) is 7.18. The minimum atomic E-state index is -0.610. The molecule has 6 nitrogen and oxygen atoms in total. The Bertz CT molecular complexity index is 772. The molecule has 6 heteroatoms. The summed E-state index contributed by atoms with van der Waals surface area (Å²) in [6.45, 7) is 2.14. The zero-order valence-corrected chi connectivity index (χ0v) is 15.4. The van der Waals surface area contributed by atoms with Gasteiger partial charge < -0.3 is 4.90 Å². The van der Waals surface area contributed by atoms with Crippen LogP contribution in [0, 0.1) is 0 Å². The van der Waals surface area contributed by atoms with Gasteiger partial charge in [0.25, 0.3) is 11.8 Å². The molecule has 0 atom stereocenters. The van der Waals surface area contributed by atoms with E-state index in [-0.39, 0.29) is 11.6 Å². The van der Waals surface area contributed by atoms with Crippen LogP contribution >= 0.6 is 0 Å². The molecule has 3 aliphatic rings. The first-order valence-corrected chi connectivity index (χ1v) is 9.89. The maximum atomic E-state index is 12.9. The minimum Gasteiger partial charge on any atom is -0.372 e. The lowest BCUT2D eigenvalue weighted by Gasteiger charge is -2.35. The Morgan fingerprint density at radius 3 is 2.22 bits per heavy atom. The number of imide groups is 2. The highest BCUT2D eigenvalue weighted by Crippen LogP contribution is 2.27. The van der Waals surface area contributed by atoms with Crippen molar-refractivity contribution in [1.29, 1.82) is 0 Å². The van der Waals surface area contributed by atoms with Gasteiger partial charge in [0.05, 0.1) is 0 Å². The van der Waals surface area contributed by atoms with Crippen molar-refractivity contribution >= 4 is 29.6 Å². The third-order valence-corrected chi connectivity index (χ3v) is 5.75. The lowest BCUT2D eigenvalue weighted by Crippen LogP contribution is -2.58. The van der Waals surface area contributed by atoms with Gasteiger partial charge in [0, 0.05) is 24.8 Å². The molecule has 0 bridgehead atoms. The van der Waals surface area contributed by atoms with Crippen molar-refractivity contribution in [3.63, 3.8) is 0 Å². The van der Waals surface area contributed by atoms with E-state index in [2.05, 4.69) is 10.2 Å². The third kappa shape index (κ3) is 3.61. The van der Waals surface area contributed by atoms with Crippen molar-refractivity contribution in [2.24, 2.45) is 0 Å². The maximum Gasteiger partial charge on any atom is 0.331 e. The fraction of sp³-hybridized carbons (Fsp3) is 0.476. The zero-order chi connectivity index (χ0) is 18.8. The number of carbonyl (C=O) groups excluding carboxylic acids is 3. The molecule has 3 fully saturated rings. The molecule has 0 unspecified atom stereocenters. The molecule has 1 aromatic rings. The van der Waals surface area contributed by atoms with Gasteiger partial charge >= 0.3 is 6.03 Å². The fourth-order valence-electron chi connectivity index (χ4n) is 4.27. The van der Waals surface area contributed by atoms with Gasteiger partial charge in [-0.15, -0.1) is 0 Å². The van der Waals surface area contributed by atoms with Gasteiger partial charge in [-0.3, -0.25) is 19.8 Å². The summed E-state index contributed by atoms with van der Waals surface area (Å²) >= 11 is 0. The Balaban J connectivity index is 1.56. The van der Waals surface area contributed by atoms with Crippen LogP contribution in [0.25, 0.3) is 6.08 Å². The number of carbonyl (C=O) groups is 3. The number of amides is 4. The van der Waals surface area contributed by atoms with Crippen molar-refractivity contribution in [2.45, 2.75) is 51.0 Å². The number of hydrogen-bond donors (Lipinski definition) is 1. The number of rotatable bonds is 3. The molecule has 0 spiro atoms. The highest BCUT2D eigenvalue weighted by molar-refractivity contribution is 6.31. The smallest absolute Gasteiger partial charge is 0.331 e. The van der Waals surface area contributed by atoms with E-state index in [1.165, 1.54) is 17.7 Å². The van der Waals surface area contributed by atoms with Crippen LogP contribution in [-0.4, -0.2) is 41.9 Å². The maximum absolute atomic E-state index is 12.9. The van der Waals surface area contributed by atoms with E-state index in [0.717, 1.165) is 56.4 Å². The third-order valence-electron chi connectivity index (χ3n) is 5.75. The first-order chi connectivity index (χ1) is 13.1. The molecule has 1 saturated carbocycles. The van der Waals surface area contributed by atoms with Crippen LogP contribution in [0.5, 0.6) is 0 Å². The number of barbiturate groups is 1. The van der Waals surface area contributed by atoms with Gasteiger partial charge in [0.1, 0.15) is 5.57 Å². The summed E-state index contributed by atoms with van der Waals surface area (Å²) in [6.07, 6.45) is 8.78. The molecule has 1 aromatic carbocycles. The fourth-order valence-corrected chi connectivity index (χ4v) is 4.27. The predicted octanol–water partition coefficient (Wildman–Crippen LogP) is 3.08. The molecule has 4 rings (SSSR count). The van der Waals surface area contributed by atoms with E-state index in [9.17, 15) is 14.4 Å². The van der Waals surface area contributed by atoms with Crippen molar-refractivity contribution < 1.29 is 14.4 Å². The molecule has 2 aliphatic heterocycles. The van der Waals surface area contributed by atoms with E-state index in [1.807, 2.05) is 24.3 Å². The molecule has 27 heavy (non-hydrogen) atoms. The average Bonchev–Trinajstić information content (AvgIpc) is 3.21. The lowest BCUT2D eigenvalue weighted by atomic mass is 9.93. The van der Waals surface area contributed by atoms with E-state index >= 15 is 0 Å². The van der Waals surface area contributed by atoms with Crippen LogP contribution < -0.4 is 10.2 Å². The van der Waals surface area contributed by atoms with Crippen LogP contribution in [0.4, 0.5) is 10.5 Å². The Kier molecular flexibility index (Phi) is 4.97. The van der Waals surface area contributed by atoms with Gasteiger partial charge in [-0.2, -0.15) is 0 Å². The second-order valence-electron chi connectivity index (χ2n) is 7.57. The molecular formula is C21H25N3O3. The normalized spacial score (nSPS) is 23.3. The largest absolute Gasteiger partial charge is 0.372 e. The van der Waals surface area contributed by atoms with Crippen molar-refractivity contribution in [2.75, 3.05) is 18.0 Å². The molecule has 142 valence electrons. The highest BCUT2D eigenvalue weighted by Gasteiger charge is 2.40. The SMILES string of the molecule is O=C1NC(=O)N(C2CCCCC2)C(=O)/C1=C\c1ccc(N2CCCC2)cc1. The number of hydrogen-bond acceptors (Lipinski definition) is 4. The highest BCUT2D eigenvalue weighted by atomic mass is 16.2. The second kappa shape index (κ2) is 7.55. The monoisotopic (exact) mass is 367 g/mol. The lowest BCUT2D eigenvalue weighted by molar-refractivity contribution is -0.132. The molecule has 1 N–H and O–H groups in total. The first kappa shape index (κ1) is 17.8. The number of urea groups is 1. The second-order valence-corrected chi connectivity index (χ2v) is 7.57. The van der Waals surface area contributed by atoms with Gasteiger partial charge in [-0.1, -0.05) is 31.4 Å². The Morgan fingerprint density at radius 1 is 0.889 bits per heavy atom. The first-order valence-electron chi connectivity index (χ1n) is 9.89. The van der Waals surface area contributed by atoms with Crippen molar-refractivity contribution in [3.8, 4) is 0 Å². The summed E-state index contributed by atoms with van der Waals surface area (Å²) < 4.78 is 0. The van der Waals surface area contributed by atoms with Crippen LogP contribution in [0.2, 0.25) is 0 Å². The number of benzene rings is 1. The summed E-state index contributed by atoms with van der Waals surface area (Å²) in [5.74, 6) is -1.08. The van der Waals surface area contributed by atoms with Gasteiger partial charge in [-0.05, 0) is 49.5 Å². The van der Waals surface area contributed by atoms with Crippen LogP contribution in [0.3, 0.4) is 0 Å². The summed E-state index contributed by atoms with van der Waals surface area (Å²) in [5, 5.41) is 2.33. The number of anilines is 1.